The van der Waals surface area contributed by atoms with Crippen molar-refractivity contribution >= 4 is 11.8 Å². The van der Waals surface area contributed by atoms with Gasteiger partial charge in [-0.25, -0.2) is 4.98 Å². The van der Waals surface area contributed by atoms with Crippen molar-refractivity contribution in [3.05, 3.63) is 17.7 Å². The van der Waals surface area contributed by atoms with Crippen molar-refractivity contribution in [2.75, 3.05) is 0 Å². The second kappa shape index (κ2) is 5.85. The van der Waals surface area contributed by atoms with Gasteiger partial charge in [-0.2, -0.15) is 0 Å². The van der Waals surface area contributed by atoms with E-state index in [1.165, 1.54) is 0 Å². The third kappa shape index (κ3) is 3.07. The molecule has 1 saturated carbocycles. The summed E-state index contributed by atoms with van der Waals surface area (Å²) in [5.74, 6) is -0.233. The first-order valence-corrected chi connectivity index (χ1v) is 7.47. The van der Waals surface area contributed by atoms with Crippen molar-refractivity contribution in [1.29, 1.82) is 0 Å². The molecule has 21 heavy (non-hydrogen) atoms. The molecule has 1 aromatic rings. The summed E-state index contributed by atoms with van der Waals surface area (Å²) < 4.78 is 0. The average molecular weight is 291 g/mol. The molecule has 7 nitrogen and oxygen atoms in total. The van der Waals surface area contributed by atoms with Gasteiger partial charge in [-0.1, -0.05) is 0 Å². The van der Waals surface area contributed by atoms with Crippen LogP contribution in [-0.2, 0) is 22.6 Å². The Morgan fingerprint density at radius 3 is 2.76 bits per heavy atom. The van der Waals surface area contributed by atoms with Gasteiger partial charge in [0.25, 0.3) is 0 Å². The molecule has 2 heterocycles. The minimum absolute atomic E-state index is 0.0196. The van der Waals surface area contributed by atoms with E-state index < -0.39 is 0 Å². The quantitative estimate of drug-likeness (QED) is 0.606. The molecule has 2 aliphatic rings. The van der Waals surface area contributed by atoms with E-state index in [9.17, 15) is 9.59 Å². The highest BCUT2D eigenvalue weighted by molar-refractivity contribution is 5.82. The predicted molar refractivity (Wildman–Crippen MR) is 76.0 cm³/mol. The molecule has 114 valence electrons. The second-order valence-corrected chi connectivity index (χ2v) is 5.92. The van der Waals surface area contributed by atoms with Crippen LogP contribution in [-0.4, -0.2) is 33.9 Å². The van der Waals surface area contributed by atoms with Crippen molar-refractivity contribution in [2.24, 2.45) is 11.7 Å². The van der Waals surface area contributed by atoms with E-state index in [0.29, 0.717) is 13.0 Å². The van der Waals surface area contributed by atoms with Gasteiger partial charge in [0.05, 0.1) is 23.8 Å². The number of H-pyrrole nitrogens is 1. The van der Waals surface area contributed by atoms with Crippen LogP contribution in [0, 0.1) is 5.92 Å². The fourth-order valence-electron chi connectivity index (χ4n) is 3.18. The van der Waals surface area contributed by atoms with E-state index in [0.717, 1.165) is 37.1 Å². The smallest absolute Gasteiger partial charge is 0.237 e. The lowest BCUT2D eigenvalue weighted by Crippen LogP contribution is -2.51. The number of aromatic amines is 1. The molecule has 1 atom stereocenters. The lowest BCUT2D eigenvalue weighted by molar-refractivity contribution is -0.124. The summed E-state index contributed by atoms with van der Waals surface area (Å²) in [5.41, 5.74) is 7.34. The molecule has 2 amide bonds. The minimum atomic E-state index is -0.227. The monoisotopic (exact) mass is 291 g/mol. The van der Waals surface area contributed by atoms with Crippen LogP contribution in [0.2, 0.25) is 0 Å². The van der Waals surface area contributed by atoms with Gasteiger partial charge in [0.2, 0.25) is 11.8 Å². The highest BCUT2D eigenvalue weighted by atomic mass is 16.2. The minimum Gasteiger partial charge on any atom is -0.369 e. The molecular formula is C14H21N5O2. The summed E-state index contributed by atoms with van der Waals surface area (Å²) in [7, 11) is 0. The van der Waals surface area contributed by atoms with Crippen molar-refractivity contribution in [2.45, 2.75) is 50.7 Å². The fourth-order valence-corrected chi connectivity index (χ4v) is 3.18. The molecule has 7 heteroatoms. The zero-order valence-electron chi connectivity index (χ0n) is 11.9. The number of carbonyl (C=O) groups is 2. The zero-order chi connectivity index (χ0) is 14.8. The predicted octanol–water partition coefficient (Wildman–Crippen LogP) is -0.416. The normalized spacial score (nSPS) is 28.7. The van der Waals surface area contributed by atoms with Crippen molar-refractivity contribution < 1.29 is 9.59 Å². The van der Waals surface area contributed by atoms with Crippen LogP contribution < -0.4 is 16.4 Å². The van der Waals surface area contributed by atoms with Gasteiger partial charge in [0.1, 0.15) is 0 Å². The molecule has 0 aromatic carbocycles. The van der Waals surface area contributed by atoms with E-state index in [-0.39, 0.29) is 29.8 Å². The van der Waals surface area contributed by atoms with Gasteiger partial charge >= 0.3 is 0 Å². The standard InChI is InChI=1S/C14H21N5O2/c15-13(20)8-1-3-9(4-2-8)19-14(21)11-5-10-12(6-16-11)18-7-17-10/h7-9,11,16H,1-6H2,(H2,15,20)(H,17,18)(H,19,21). The Labute approximate surface area is 123 Å². The van der Waals surface area contributed by atoms with Crippen molar-refractivity contribution in [3.63, 3.8) is 0 Å². The van der Waals surface area contributed by atoms with E-state index in [1.54, 1.807) is 6.33 Å². The topological polar surface area (TPSA) is 113 Å². The van der Waals surface area contributed by atoms with Gasteiger partial charge in [0.15, 0.2) is 0 Å². The number of amides is 2. The molecule has 3 rings (SSSR count). The van der Waals surface area contributed by atoms with E-state index in [2.05, 4.69) is 20.6 Å². The van der Waals surface area contributed by atoms with Gasteiger partial charge in [-0.15, -0.1) is 0 Å². The molecule has 0 radical (unpaired) electrons. The Hall–Kier alpha value is -1.89. The maximum absolute atomic E-state index is 12.3. The maximum Gasteiger partial charge on any atom is 0.237 e. The fraction of sp³-hybridized carbons (Fsp3) is 0.643. The lowest BCUT2D eigenvalue weighted by atomic mass is 9.85. The number of nitrogens with zero attached hydrogens (tertiary/aromatic N) is 1. The number of imidazole rings is 1. The zero-order valence-corrected chi connectivity index (χ0v) is 11.9. The molecule has 1 aromatic heterocycles. The van der Waals surface area contributed by atoms with Crippen LogP contribution in [0.3, 0.4) is 0 Å². The first-order valence-electron chi connectivity index (χ1n) is 7.47. The molecule has 0 spiro atoms. The highest BCUT2D eigenvalue weighted by Crippen LogP contribution is 2.24. The summed E-state index contributed by atoms with van der Waals surface area (Å²) in [6, 6.07) is -0.0786. The average Bonchev–Trinajstić information content (AvgIpc) is 2.95. The van der Waals surface area contributed by atoms with Crippen LogP contribution in [0.1, 0.15) is 37.1 Å². The van der Waals surface area contributed by atoms with Gasteiger partial charge in [-0.05, 0) is 25.7 Å². The number of hydrogen-bond donors (Lipinski definition) is 4. The number of aromatic nitrogens is 2. The van der Waals surface area contributed by atoms with Crippen LogP contribution in [0.15, 0.2) is 6.33 Å². The Balaban J connectivity index is 1.50. The van der Waals surface area contributed by atoms with Crippen LogP contribution >= 0.6 is 0 Å². The highest BCUT2D eigenvalue weighted by Gasteiger charge is 2.30. The van der Waals surface area contributed by atoms with Gasteiger partial charge in [0, 0.05) is 24.9 Å². The number of primary amides is 1. The summed E-state index contributed by atoms with van der Waals surface area (Å²) in [4.78, 5) is 30.8. The Kier molecular flexibility index (Phi) is 3.92. The molecule has 1 aliphatic carbocycles. The molecule has 1 unspecified atom stereocenters. The Morgan fingerprint density at radius 1 is 1.29 bits per heavy atom. The summed E-state index contributed by atoms with van der Waals surface area (Å²) >= 11 is 0. The summed E-state index contributed by atoms with van der Waals surface area (Å²) in [6.07, 6.45) is 5.45. The van der Waals surface area contributed by atoms with Crippen LogP contribution in [0.25, 0.3) is 0 Å². The van der Waals surface area contributed by atoms with Crippen LogP contribution in [0.4, 0.5) is 0 Å². The molecule has 0 bridgehead atoms. The second-order valence-electron chi connectivity index (χ2n) is 5.92. The largest absolute Gasteiger partial charge is 0.369 e. The number of hydrogen-bond acceptors (Lipinski definition) is 4. The van der Waals surface area contributed by atoms with E-state index in [4.69, 9.17) is 5.73 Å². The van der Waals surface area contributed by atoms with E-state index >= 15 is 0 Å². The summed E-state index contributed by atoms with van der Waals surface area (Å²) in [5, 5.41) is 6.30. The maximum atomic E-state index is 12.3. The van der Waals surface area contributed by atoms with Gasteiger partial charge < -0.3 is 16.0 Å². The van der Waals surface area contributed by atoms with Gasteiger partial charge in [-0.3, -0.25) is 14.9 Å². The number of fused-ring (bicyclic) bond motifs is 1. The SMILES string of the molecule is NC(=O)C1CCC(NC(=O)C2Cc3nc[nH]c3CN2)CC1. The molecular weight excluding hydrogens is 270 g/mol. The Bertz CT molecular complexity index is 533. The van der Waals surface area contributed by atoms with E-state index in [1.807, 2.05) is 0 Å². The molecule has 5 N–H and O–H groups in total. The number of nitrogens with two attached hydrogens (primary N) is 1. The third-order valence-corrected chi connectivity index (χ3v) is 4.52. The molecule has 0 saturated heterocycles. The van der Waals surface area contributed by atoms with Crippen molar-refractivity contribution in [3.8, 4) is 0 Å². The number of rotatable bonds is 3. The first-order chi connectivity index (χ1) is 10.1. The summed E-state index contributed by atoms with van der Waals surface area (Å²) in [6.45, 7) is 0.641. The molecule has 1 fully saturated rings. The number of nitrogens with one attached hydrogen (secondary N) is 3. The van der Waals surface area contributed by atoms with Crippen molar-refractivity contribution in [1.82, 2.24) is 20.6 Å². The number of carbonyl (C=O) groups excluding carboxylic acids is 2. The van der Waals surface area contributed by atoms with Crippen LogP contribution in [0.5, 0.6) is 0 Å². The molecule has 1 aliphatic heterocycles. The Morgan fingerprint density at radius 2 is 2.05 bits per heavy atom. The third-order valence-electron chi connectivity index (χ3n) is 4.52. The lowest BCUT2D eigenvalue weighted by Gasteiger charge is -2.30. The first kappa shape index (κ1) is 14.1.